The van der Waals surface area contributed by atoms with E-state index >= 15 is 0 Å². The van der Waals surface area contributed by atoms with Crippen LogP contribution < -0.4 is 0 Å². The number of pyridine rings is 2. The minimum absolute atomic E-state index is 0.360. The lowest BCUT2D eigenvalue weighted by atomic mass is 10.1. The quantitative estimate of drug-likeness (QED) is 0.304. The molecule has 1 saturated heterocycles. The number of fused-ring (bicyclic) bond motifs is 1. The van der Waals surface area contributed by atoms with Crippen LogP contribution in [0.3, 0.4) is 0 Å². The number of aromatic nitrogens is 3. The molecule has 1 aliphatic heterocycles. The standard InChI is InChI=1S/C21H20N4O.2C2HF3O2/c1-3-17(11-22-8-1)18-5-6-20-21(23-15-25(20)13-18)19-4-2-9-24(19)12-16-7-10-26-14-16;2*3-2(4,5)1(6)7/h1,3,5-8,10-11,13-15,19H,2,4,9,12H2;2*(H,6,7). The summed E-state index contributed by atoms with van der Waals surface area (Å²) in [5.74, 6) is -5.51. The SMILES string of the molecule is O=C(O)C(F)(F)F.O=C(O)C(F)(F)F.c1cncc(-c2ccc3c(C4CCCN4Cc4ccoc4)ncn3c2)c1. The smallest absolute Gasteiger partial charge is 0.475 e. The Kier molecular flexibility index (Phi) is 9.52. The number of halogens is 6. The minimum atomic E-state index is -5.08. The van der Waals surface area contributed by atoms with Gasteiger partial charge in [-0.3, -0.25) is 9.88 Å². The number of furan rings is 1. The maximum atomic E-state index is 10.6. The Morgan fingerprint density at radius 3 is 2.23 bits per heavy atom. The predicted molar refractivity (Wildman–Crippen MR) is 127 cm³/mol. The van der Waals surface area contributed by atoms with Gasteiger partial charge in [0.15, 0.2) is 0 Å². The Balaban J connectivity index is 0.000000263. The molecule has 0 aliphatic carbocycles. The van der Waals surface area contributed by atoms with Crippen LogP contribution in [0.4, 0.5) is 26.3 Å². The van der Waals surface area contributed by atoms with Crippen molar-refractivity contribution in [2.24, 2.45) is 0 Å². The van der Waals surface area contributed by atoms with Gasteiger partial charge in [-0.25, -0.2) is 14.6 Å². The summed E-state index contributed by atoms with van der Waals surface area (Å²) in [6.07, 6.45) is 3.52. The van der Waals surface area contributed by atoms with Crippen LogP contribution >= 0.6 is 0 Å². The van der Waals surface area contributed by atoms with Gasteiger partial charge in [-0.2, -0.15) is 26.3 Å². The van der Waals surface area contributed by atoms with E-state index in [9.17, 15) is 26.3 Å². The van der Waals surface area contributed by atoms with E-state index in [1.807, 2.05) is 30.9 Å². The summed E-state index contributed by atoms with van der Waals surface area (Å²) in [5, 5.41) is 14.2. The summed E-state index contributed by atoms with van der Waals surface area (Å²) >= 11 is 0. The van der Waals surface area contributed by atoms with Gasteiger partial charge >= 0.3 is 24.3 Å². The van der Waals surface area contributed by atoms with Gasteiger partial charge in [0.1, 0.15) is 0 Å². The van der Waals surface area contributed by atoms with Crippen molar-refractivity contribution >= 4 is 17.5 Å². The summed E-state index contributed by atoms with van der Waals surface area (Å²) in [4.78, 5) is 29.3. The average molecular weight is 572 g/mol. The molecule has 0 bridgehead atoms. The third kappa shape index (κ3) is 8.05. The van der Waals surface area contributed by atoms with Crippen molar-refractivity contribution < 1.29 is 50.6 Å². The second kappa shape index (κ2) is 12.6. The van der Waals surface area contributed by atoms with Crippen LogP contribution in [-0.4, -0.2) is 60.3 Å². The molecule has 40 heavy (non-hydrogen) atoms. The number of alkyl halides is 6. The van der Waals surface area contributed by atoms with Crippen molar-refractivity contribution in [2.45, 2.75) is 37.8 Å². The molecule has 0 saturated carbocycles. The van der Waals surface area contributed by atoms with Gasteiger partial charge < -0.3 is 19.0 Å². The molecule has 1 unspecified atom stereocenters. The summed E-state index contributed by atoms with van der Waals surface area (Å²) in [7, 11) is 0. The van der Waals surface area contributed by atoms with E-state index in [1.54, 1.807) is 12.5 Å². The van der Waals surface area contributed by atoms with Gasteiger partial charge in [0.25, 0.3) is 0 Å². The van der Waals surface area contributed by atoms with Gasteiger partial charge in [-0.1, -0.05) is 12.1 Å². The topological polar surface area (TPSA) is 121 Å². The molecule has 1 aliphatic rings. The fourth-order valence-corrected chi connectivity index (χ4v) is 3.92. The average Bonchev–Trinajstić information content (AvgIpc) is 3.65. The number of aliphatic carboxylic acids is 2. The summed E-state index contributed by atoms with van der Waals surface area (Å²) in [6, 6.07) is 10.8. The largest absolute Gasteiger partial charge is 0.490 e. The zero-order chi connectivity index (χ0) is 29.5. The lowest BCUT2D eigenvalue weighted by Crippen LogP contribution is -2.22. The lowest BCUT2D eigenvalue weighted by molar-refractivity contribution is -0.193. The van der Waals surface area contributed by atoms with E-state index in [-0.39, 0.29) is 0 Å². The van der Waals surface area contributed by atoms with Crippen LogP contribution in [-0.2, 0) is 16.1 Å². The molecule has 0 aromatic carbocycles. The first-order valence-electron chi connectivity index (χ1n) is 11.5. The molecule has 0 amide bonds. The van der Waals surface area contributed by atoms with Crippen LogP contribution in [0.25, 0.3) is 16.6 Å². The van der Waals surface area contributed by atoms with E-state index in [0.717, 1.165) is 30.6 Å². The molecule has 5 heterocycles. The number of carboxylic acids is 2. The number of hydrogen-bond acceptors (Lipinski definition) is 6. The third-order valence-electron chi connectivity index (χ3n) is 5.69. The molecule has 5 rings (SSSR count). The summed E-state index contributed by atoms with van der Waals surface area (Å²) in [6.45, 7) is 2.01. The molecule has 4 aromatic rings. The number of hydrogen-bond donors (Lipinski definition) is 2. The first kappa shape index (κ1) is 30.1. The Hall–Kier alpha value is -4.40. The fourth-order valence-electron chi connectivity index (χ4n) is 3.92. The van der Waals surface area contributed by atoms with E-state index in [1.165, 1.54) is 23.2 Å². The number of imidazole rings is 1. The van der Waals surface area contributed by atoms with Crippen molar-refractivity contribution in [3.63, 3.8) is 0 Å². The first-order valence-corrected chi connectivity index (χ1v) is 11.5. The molecule has 1 fully saturated rings. The van der Waals surface area contributed by atoms with Crippen molar-refractivity contribution in [3.05, 3.63) is 79.0 Å². The molecule has 0 radical (unpaired) electrons. The van der Waals surface area contributed by atoms with E-state index < -0.39 is 24.3 Å². The van der Waals surface area contributed by atoms with Crippen LogP contribution in [0, 0.1) is 0 Å². The normalized spacial score (nSPS) is 15.6. The molecule has 2 N–H and O–H groups in total. The Morgan fingerprint density at radius 2 is 1.68 bits per heavy atom. The molecule has 1 atom stereocenters. The molecule has 9 nitrogen and oxygen atoms in total. The number of carboxylic acid groups (broad SMARTS) is 2. The fraction of sp³-hybridized carbons (Fsp3) is 0.280. The predicted octanol–water partition coefficient (Wildman–Crippen LogP) is 5.59. The summed E-state index contributed by atoms with van der Waals surface area (Å²) in [5.41, 5.74) is 5.84. The Bertz CT molecular complexity index is 1380. The Labute approximate surface area is 222 Å². The maximum Gasteiger partial charge on any atom is 0.490 e. The number of rotatable bonds is 4. The van der Waals surface area contributed by atoms with E-state index in [0.29, 0.717) is 6.04 Å². The summed E-state index contributed by atoms with van der Waals surface area (Å²) < 4.78 is 70.8. The van der Waals surface area contributed by atoms with Crippen LogP contribution in [0.1, 0.15) is 30.1 Å². The highest BCUT2D eigenvalue weighted by molar-refractivity contribution is 5.73. The zero-order valence-corrected chi connectivity index (χ0v) is 20.4. The van der Waals surface area contributed by atoms with E-state index in [2.05, 4.69) is 38.7 Å². The second-order valence-corrected chi connectivity index (χ2v) is 8.45. The van der Waals surface area contributed by atoms with Crippen molar-refractivity contribution in [1.29, 1.82) is 0 Å². The van der Waals surface area contributed by atoms with Crippen LogP contribution in [0.5, 0.6) is 0 Å². The van der Waals surface area contributed by atoms with Crippen molar-refractivity contribution in [1.82, 2.24) is 19.3 Å². The van der Waals surface area contributed by atoms with Gasteiger partial charge in [0.2, 0.25) is 0 Å². The lowest BCUT2D eigenvalue weighted by Gasteiger charge is -2.22. The zero-order valence-electron chi connectivity index (χ0n) is 20.4. The molecule has 4 aromatic heterocycles. The molecule has 0 spiro atoms. The van der Waals surface area contributed by atoms with Crippen LogP contribution in [0.2, 0.25) is 0 Å². The van der Waals surface area contributed by atoms with Gasteiger partial charge in [-0.15, -0.1) is 0 Å². The number of nitrogens with zero attached hydrogens (tertiary/aromatic N) is 4. The monoisotopic (exact) mass is 572 g/mol. The van der Waals surface area contributed by atoms with Crippen LogP contribution in [0.15, 0.2) is 72.2 Å². The third-order valence-corrected chi connectivity index (χ3v) is 5.69. The minimum Gasteiger partial charge on any atom is -0.475 e. The Morgan fingerprint density at radius 1 is 1.00 bits per heavy atom. The van der Waals surface area contributed by atoms with Crippen molar-refractivity contribution in [3.8, 4) is 11.1 Å². The molecular formula is C25H22F6N4O5. The second-order valence-electron chi connectivity index (χ2n) is 8.45. The van der Waals surface area contributed by atoms with Gasteiger partial charge in [0.05, 0.1) is 36.1 Å². The molecular weight excluding hydrogens is 550 g/mol. The van der Waals surface area contributed by atoms with E-state index in [4.69, 9.17) is 29.2 Å². The molecule has 214 valence electrons. The maximum absolute atomic E-state index is 10.6. The number of likely N-dealkylation sites (tertiary alicyclic amines) is 1. The highest BCUT2D eigenvalue weighted by Gasteiger charge is 2.39. The highest BCUT2D eigenvalue weighted by Crippen LogP contribution is 2.35. The first-order chi connectivity index (χ1) is 18.8. The van der Waals surface area contributed by atoms with Crippen molar-refractivity contribution in [2.75, 3.05) is 6.54 Å². The molecule has 15 heteroatoms. The number of carbonyl (C=O) groups is 2. The highest BCUT2D eigenvalue weighted by atomic mass is 19.4. The van der Waals surface area contributed by atoms with Gasteiger partial charge in [-0.05, 0) is 43.1 Å². The van der Waals surface area contributed by atoms with Gasteiger partial charge in [0, 0.05) is 36.3 Å².